The van der Waals surface area contributed by atoms with Crippen molar-refractivity contribution in [3.05, 3.63) is 58.7 Å². The monoisotopic (exact) mass is 513 g/mol. The van der Waals surface area contributed by atoms with Gasteiger partial charge in [0.15, 0.2) is 11.4 Å². The summed E-state index contributed by atoms with van der Waals surface area (Å²) in [6.45, 7) is 10.1. The number of thioether (sulfide) groups is 1. The van der Waals surface area contributed by atoms with Crippen LogP contribution in [0.3, 0.4) is 0 Å². The van der Waals surface area contributed by atoms with Gasteiger partial charge in [0.05, 0.1) is 6.61 Å². The lowest BCUT2D eigenvalue weighted by atomic mass is 9.84. The Balaban J connectivity index is 1.74. The summed E-state index contributed by atoms with van der Waals surface area (Å²) in [5.74, 6) is 0.0720. The predicted molar refractivity (Wildman–Crippen MR) is 144 cm³/mol. The number of hydrogen-bond donors (Lipinski definition) is 1. The number of carbonyl (C=O) groups is 2. The standard InChI is InChI=1S/C29H39NO5S/c1-19-15-21(16-20(2)27(19)35-29(3,4)28(32)33)7-8-23-17-30(13-14-34-5)18-25(23)26(31)22-9-11-24(36-6)12-10-22/h9-12,15-16,23,25H,7-8,13-14,17-18H2,1-6H3,(H,32,33). The third-order valence-corrected chi connectivity index (χ3v) is 7.78. The maximum Gasteiger partial charge on any atom is 0.347 e. The van der Waals surface area contributed by atoms with Crippen LogP contribution in [0, 0.1) is 25.7 Å². The molecule has 1 aliphatic heterocycles. The number of carboxylic acid groups (broad SMARTS) is 1. The van der Waals surface area contributed by atoms with Crippen LogP contribution in [0.4, 0.5) is 0 Å². The Morgan fingerprint density at radius 2 is 1.75 bits per heavy atom. The van der Waals surface area contributed by atoms with Gasteiger partial charge in [-0.25, -0.2) is 4.79 Å². The lowest BCUT2D eigenvalue weighted by Crippen LogP contribution is -2.38. The first kappa shape index (κ1) is 28.2. The number of aryl methyl sites for hydroxylation is 3. The van der Waals surface area contributed by atoms with Gasteiger partial charge in [0.1, 0.15) is 5.75 Å². The number of benzene rings is 2. The molecule has 0 saturated carbocycles. The summed E-state index contributed by atoms with van der Waals surface area (Å²) in [6, 6.07) is 12.1. The number of methoxy groups -OCH3 is 1. The number of hydrogen-bond acceptors (Lipinski definition) is 6. The van der Waals surface area contributed by atoms with Gasteiger partial charge in [-0.3, -0.25) is 4.79 Å². The first-order valence-electron chi connectivity index (χ1n) is 12.5. The number of Topliss-reactive ketones (excluding diaryl/α,β-unsaturated/α-hetero) is 1. The van der Waals surface area contributed by atoms with Gasteiger partial charge in [0.2, 0.25) is 0 Å². The molecule has 1 N–H and O–H groups in total. The molecular formula is C29H39NO5S. The summed E-state index contributed by atoms with van der Waals surface area (Å²) in [6.07, 6.45) is 3.79. The first-order chi connectivity index (χ1) is 17.1. The van der Waals surface area contributed by atoms with Gasteiger partial charge in [-0.15, -0.1) is 11.8 Å². The molecule has 1 heterocycles. The summed E-state index contributed by atoms with van der Waals surface area (Å²) in [7, 11) is 1.71. The molecular weight excluding hydrogens is 474 g/mol. The molecule has 1 saturated heterocycles. The number of rotatable bonds is 12. The summed E-state index contributed by atoms with van der Waals surface area (Å²) in [5.41, 5.74) is 2.51. The molecule has 3 rings (SSSR count). The van der Waals surface area contributed by atoms with Crippen LogP contribution in [0.1, 0.15) is 47.3 Å². The molecule has 1 aliphatic rings. The van der Waals surface area contributed by atoms with E-state index in [2.05, 4.69) is 17.0 Å². The number of ketones is 1. The minimum atomic E-state index is -1.30. The third-order valence-electron chi connectivity index (χ3n) is 7.04. The Kier molecular flexibility index (Phi) is 9.61. The molecule has 2 unspecified atom stereocenters. The summed E-state index contributed by atoms with van der Waals surface area (Å²) >= 11 is 1.67. The van der Waals surface area contributed by atoms with Crippen molar-refractivity contribution >= 4 is 23.5 Å². The number of aliphatic carboxylic acids is 1. The number of likely N-dealkylation sites (tertiary alicyclic amines) is 1. The Bertz CT molecular complexity index is 1040. The highest BCUT2D eigenvalue weighted by Gasteiger charge is 2.37. The van der Waals surface area contributed by atoms with Gasteiger partial charge in [0.25, 0.3) is 0 Å². The molecule has 36 heavy (non-hydrogen) atoms. The van der Waals surface area contributed by atoms with Crippen molar-refractivity contribution in [1.29, 1.82) is 0 Å². The Hall–Kier alpha value is -2.35. The van der Waals surface area contributed by atoms with Crippen LogP contribution in [0.15, 0.2) is 41.3 Å². The minimum Gasteiger partial charge on any atom is -0.478 e. The average molecular weight is 514 g/mol. The number of ether oxygens (including phenoxy) is 2. The molecule has 2 atom stereocenters. The molecule has 196 valence electrons. The minimum absolute atomic E-state index is 0.0387. The van der Waals surface area contributed by atoms with E-state index in [1.165, 1.54) is 5.56 Å². The first-order valence-corrected chi connectivity index (χ1v) is 13.7. The van der Waals surface area contributed by atoms with Crippen molar-refractivity contribution in [2.24, 2.45) is 11.8 Å². The zero-order valence-electron chi connectivity index (χ0n) is 22.3. The van der Waals surface area contributed by atoms with Gasteiger partial charge in [-0.05, 0) is 81.5 Å². The second kappa shape index (κ2) is 12.3. The maximum atomic E-state index is 13.5. The van der Waals surface area contributed by atoms with Crippen LogP contribution >= 0.6 is 11.8 Å². The zero-order valence-corrected chi connectivity index (χ0v) is 23.1. The van der Waals surface area contributed by atoms with Crippen LogP contribution in [0.25, 0.3) is 0 Å². The van der Waals surface area contributed by atoms with Crippen molar-refractivity contribution in [3.63, 3.8) is 0 Å². The van der Waals surface area contributed by atoms with Crippen molar-refractivity contribution in [1.82, 2.24) is 4.90 Å². The topological polar surface area (TPSA) is 76.1 Å². The van der Waals surface area contributed by atoms with E-state index in [-0.39, 0.29) is 17.6 Å². The van der Waals surface area contributed by atoms with Gasteiger partial charge in [0, 0.05) is 43.1 Å². The summed E-state index contributed by atoms with van der Waals surface area (Å²) in [5, 5.41) is 9.43. The van der Waals surface area contributed by atoms with Gasteiger partial charge < -0.3 is 19.5 Å². The van der Waals surface area contributed by atoms with Crippen molar-refractivity contribution in [3.8, 4) is 5.75 Å². The predicted octanol–water partition coefficient (Wildman–Crippen LogP) is 5.28. The van der Waals surface area contributed by atoms with Crippen molar-refractivity contribution in [2.75, 3.05) is 39.6 Å². The molecule has 0 radical (unpaired) electrons. The van der Waals surface area contributed by atoms with E-state index in [1.54, 1.807) is 32.7 Å². The maximum absolute atomic E-state index is 13.5. The Morgan fingerprint density at radius 3 is 2.31 bits per heavy atom. The fourth-order valence-corrected chi connectivity index (χ4v) is 5.33. The molecule has 6 nitrogen and oxygen atoms in total. The summed E-state index contributed by atoms with van der Waals surface area (Å²) in [4.78, 5) is 28.5. The van der Waals surface area contributed by atoms with Crippen LogP contribution in [0.2, 0.25) is 0 Å². The fourth-order valence-electron chi connectivity index (χ4n) is 4.92. The van der Waals surface area contributed by atoms with Crippen molar-refractivity contribution in [2.45, 2.75) is 51.0 Å². The van der Waals surface area contributed by atoms with E-state index >= 15 is 0 Å². The van der Waals surface area contributed by atoms with Crippen LogP contribution in [0.5, 0.6) is 5.75 Å². The number of nitrogens with zero attached hydrogens (tertiary/aromatic N) is 1. The average Bonchev–Trinajstić information content (AvgIpc) is 3.26. The quantitative estimate of drug-likeness (QED) is 0.306. The number of carboxylic acids is 1. The van der Waals surface area contributed by atoms with Crippen molar-refractivity contribution < 1.29 is 24.2 Å². The highest BCUT2D eigenvalue weighted by molar-refractivity contribution is 7.98. The second-order valence-electron chi connectivity index (χ2n) is 10.2. The lowest BCUT2D eigenvalue weighted by Gasteiger charge is -2.25. The number of carbonyl (C=O) groups excluding carboxylic acids is 1. The van der Waals surface area contributed by atoms with Gasteiger partial charge in [-0.2, -0.15) is 0 Å². The lowest BCUT2D eigenvalue weighted by molar-refractivity contribution is -0.152. The van der Waals surface area contributed by atoms with E-state index in [0.717, 1.165) is 54.1 Å². The second-order valence-corrected chi connectivity index (χ2v) is 11.1. The fraction of sp³-hybridized carbons (Fsp3) is 0.517. The normalized spacial score (nSPS) is 18.4. The molecule has 1 fully saturated rings. The smallest absolute Gasteiger partial charge is 0.347 e. The molecule has 2 aromatic rings. The Morgan fingerprint density at radius 1 is 1.11 bits per heavy atom. The van der Waals surface area contributed by atoms with E-state index in [0.29, 0.717) is 12.4 Å². The van der Waals surface area contributed by atoms with Gasteiger partial charge >= 0.3 is 5.97 Å². The molecule has 2 aromatic carbocycles. The van der Waals surface area contributed by atoms with Crippen LogP contribution in [-0.2, 0) is 16.0 Å². The molecule has 0 spiro atoms. The van der Waals surface area contributed by atoms with E-state index in [4.69, 9.17) is 9.47 Å². The molecule has 0 bridgehead atoms. The van der Waals surface area contributed by atoms with Crippen LogP contribution in [-0.4, -0.2) is 67.0 Å². The van der Waals surface area contributed by atoms with E-state index in [1.807, 2.05) is 44.4 Å². The molecule has 0 aliphatic carbocycles. The molecule has 7 heteroatoms. The van der Waals surface area contributed by atoms with Crippen LogP contribution < -0.4 is 4.74 Å². The SMILES string of the molecule is COCCN1CC(CCc2cc(C)c(OC(C)(C)C(=O)O)c(C)c2)C(C(=O)c2ccc(SC)cc2)C1. The largest absolute Gasteiger partial charge is 0.478 e. The van der Waals surface area contributed by atoms with Gasteiger partial charge in [-0.1, -0.05) is 24.3 Å². The highest BCUT2D eigenvalue weighted by atomic mass is 32.2. The zero-order chi connectivity index (χ0) is 26.5. The summed E-state index contributed by atoms with van der Waals surface area (Å²) < 4.78 is 11.1. The Labute approximate surface area is 219 Å². The molecule has 0 amide bonds. The third kappa shape index (κ3) is 6.90. The van der Waals surface area contributed by atoms with E-state index in [9.17, 15) is 14.7 Å². The molecule has 0 aromatic heterocycles. The van der Waals surface area contributed by atoms with E-state index < -0.39 is 11.6 Å². The highest BCUT2D eigenvalue weighted by Crippen LogP contribution is 2.33.